The topological polar surface area (TPSA) is 50.9 Å². The molecular formula is C12H23NO3Si. The number of carbonyl (C=O) groups is 1. The molecule has 2 heterocycles. The number of hydrogen-bond acceptors (Lipinski definition) is 3. The summed E-state index contributed by atoms with van der Waals surface area (Å²) in [5, 5.41) is 3.17. The summed E-state index contributed by atoms with van der Waals surface area (Å²) >= 11 is 0. The lowest BCUT2D eigenvalue weighted by Crippen LogP contribution is -2.50. The minimum Gasteiger partial charge on any atom is -0.415 e. The van der Waals surface area contributed by atoms with E-state index in [4.69, 9.17) is 9.16 Å². The number of nitrogens with one attached hydrogen (secondary N) is 1. The maximum Gasteiger partial charge on any atom is 0.223 e. The van der Waals surface area contributed by atoms with Crippen LogP contribution in [0.15, 0.2) is 0 Å². The highest BCUT2D eigenvalue weighted by Crippen LogP contribution is 2.38. The molecule has 98 valence electrons. The molecular weight excluding hydrogens is 234 g/mol. The number of hydrogen-bond donors (Lipinski definition) is 1. The highest BCUT2D eigenvalue weighted by Gasteiger charge is 2.51. The van der Waals surface area contributed by atoms with Gasteiger partial charge in [0.05, 0.1) is 25.2 Å². The van der Waals surface area contributed by atoms with Crippen LogP contribution in [0.25, 0.3) is 0 Å². The number of rotatable bonds is 3. The number of carbonyl (C=O) groups excluding carboxylic acids is 1. The van der Waals surface area contributed by atoms with Gasteiger partial charge in [0, 0.05) is 0 Å². The molecule has 2 aliphatic heterocycles. The molecule has 0 saturated carbocycles. The summed E-state index contributed by atoms with van der Waals surface area (Å²) in [6.07, 6.45) is 0.857. The Morgan fingerprint density at radius 2 is 2.12 bits per heavy atom. The summed E-state index contributed by atoms with van der Waals surface area (Å²) in [6, 6.07) is 0.0513. The first-order chi connectivity index (χ1) is 7.71. The number of fused-ring (bicyclic) bond motifs is 1. The molecule has 2 rings (SSSR count). The van der Waals surface area contributed by atoms with Gasteiger partial charge < -0.3 is 14.5 Å². The van der Waals surface area contributed by atoms with Crippen LogP contribution in [0.2, 0.25) is 18.1 Å². The summed E-state index contributed by atoms with van der Waals surface area (Å²) in [7, 11) is -1.73. The molecule has 0 aliphatic carbocycles. The summed E-state index contributed by atoms with van der Waals surface area (Å²) in [6.45, 7) is 11.7. The molecule has 0 bridgehead atoms. The van der Waals surface area contributed by atoms with Gasteiger partial charge in [-0.3, -0.25) is 4.79 Å². The van der Waals surface area contributed by atoms with E-state index in [2.05, 4.69) is 39.2 Å². The monoisotopic (exact) mass is 257 g/mol. The zero-order valence-electron chi connectivity index (χ0n) is 11.4. The minimum atomic E-state index is -1.73. The molecule has 1 N–H and O–H groups in total. The van der Waals surface area contributed by atoms with Crippen molar-refractivity contribution >= 4 is 14.2 Å². The fraction of sp³-hybridized carbons (Fsp3) is 0.917. The predicted molar refractivity (Wildman–Crippen MR) is 68.4 cm³/mol. The quantitative estimate of drug-likeness (QED) is 0.618. The molecule has 0 aromatic heterocycles. The van der Waals surface area contributed by atoms with E-state index >= 15 is 0 Å². The third-order valence-electron chi connectivity index (χ3n) is 4.18. The predicted octanol–water partition coefficient (Wildman–Crippen LogP) is 1.66. The van der Waals surface area contributed by atoms with Crippen molar-refractivity contribution in [2.45, 2.75) is 63.6 Å². The zero-order valence-corrected chi connectivity index (χ0v) is 12.4. The van der Waals surface area contributed by atoms with E-state index in [1.165, 1.54) is 0 Å². The molecule has 0 radical (unpaired) electrons. The van der Waals surface area contributed by atoms with Gasteiger partial charge >= 0.3 is 0 Å². The minimum absolute atomic E-state index is 0.0513. The Hall–Kier alpha value is -0.393. The van der Waals surface area contributed by atoms with Gasteiger partial charge in [0.25, 0.3) is 0 Å². The van der Waals surface area contributed by atoms with Gasteiger partial charge in [-0.15, -0.1) is 0 Å². The lowest BCUT2D eigenvalue weighted by atomic mass is 10.1. The zero-order chi connectivity index (χ0) is 12.8. The molecule has 0 aromatic rings. The van der Waals surface area contributed by atoms with Gasteiger partial charge in [-0.05, 0) is 18.1 Å². The number of piperidine rings is 1. The summed E-state index contributed by atoms with van der Waals surface area (Å²) in [5.41, 5.74) is 0. The number of ether oxygens (including phenoxy) is 1. The van der Waals surface area contributed by atoms with Crippen LogP contribution in [0.1, 0.15) is 27.2 Å². The van der Waals surface area contributed by atoms with Crippen LogP contribution < -0.4 is 5.32 Å². The second kappa shape index (κ2) is 4.07. The third kappa shape index (κ3) is 2.72. The molecule has 3 atom stereocenters. The first kappa shape index (κ1) is 13.0. The van der Waals surface area contributed by atoms with Crippen LogP contribution in [-0.2, 0) is 14.0 Å². The molecule has 0 spiro atoms. The standard InChI is InChI=1S/C12H23NO3Si/c1-12(2,3)17(4,5)15-7-8-11-9(16-11)6-10(14)13-8/h8-9,11H,6-7H2,1-5H3,(H,13,14)/t8-,9-,11+/m1/s1. The molecule has 0 unspecified atom stereocenters. The Bertz CT molecular complexity index is 324. The summed E-state index contributed by atoms with van der Waals surface area (Å²) < 4.78 is 11.6. The molecule has 2 aliphatic rings. The molecule has 0 aromatic carbocycles. The van der Waals surface area contributed by atoms with Crippen LogP contribution in [0.3, 0.4) is 0 Å². The van der Waals surface area contributed by atoms with Crippen LogP contribution in [0.4, 0.5) is 0 Å². The second-order valence-electron chi connectivity index (χ2n) is 6.59. The van der Waals surface area contributed by atoms with Gasteiger partial charge in [0.2, 0.25) is 5.91 Å². The van der Waals surface area contributed by atoms with Crippen LogP contribution in [0, 0.1) is 0 Å². The van der Waals surface area contributed by atoms with Crippen molar-refractivity contribution in [3.63, 3.8) is 0 Å². The van der Waals surface area contributed by atoms with Crippen molar-refractivity contribution in [3.05, 3.63) is 0 Å². The van der Waals surface area contributed by atoms with Crippen molar-refractivity contribution in [2.75, 3.05) is 6.61 Å². The number of epoxide rings is 1. The Labute approximate surface area is 104 Å². The van der Waals surface area contributed by atoms with Crippen molar-refractivity contribution in [3.8, 4) is 0 Å². The summed E-state index contributed by atoms with van der Waals surface area (Å²) in [4.78, 5) is 11.4. The second-order valence-corrected chi connectivity index (χ2v) is 11.4. The normalized spacial score (nSPS) is 33.0. The van der Waals surface area contributed by atoms with Crippen molar-refractivity contribution in [1.82, 2.24) is 5.32 Å². The lowest BCUT2D eigenvalue weighted by molar-refractivity contribution is -0.122. The Kier molecular flexibility index (Phi) is 3.12. The van der Waals surface area contributed by atoms with Crippen molar-refractivity contribution in [2.24, 2.45) is 0 Å². The van der Waals surface area contributed by atoms with E-state index in [1.54, 1.807) is 0 Å². The largest absolute Gasteiger partial charge is 0.415 e. The molecule has 17 heavy (non-hydrogen) atoms. The molecule has 5 heteroatoms. The lowest BCUT2D eigenvalue weighted by Gasteiger charge is -2.37. The van der Waals surface area contributed by atoms with Crippen molar-refractivity contribution < 1.29 is 14.0 Å². The third-order valence-corrected chi connectivity index (χ3v) is 8.68. The van der Waals surface area contributed by atoms with Crippen LogP contribution >= 0.6 is 0 Å². The SMILES string of the molecule is CC(C)(C)[Si](C)(C)OC[C@H]1NC(=O)C[C@H]2O[C@@H]12. The maximum absolute atomic E-state index is 11.4. The van der Waals surface area contributed by atoms with Gasteiger partial charge in [-0.25, -0.2) is 0 Å². The van der Waals surface area contributed by atoms with E-state index in [-0.39, 0.29) is 29.2 Å². The average molecular weight is 257 g/mol. The summed E-state index contributed by atoms with van der Waals surface area (Å²) in [5.74, 6) is 0.0904. The first-order valence-corrected chi connectivity index (χ1v) is 9.20. The van der Waals surface area contributed by atoms with Gasteiger partial charge in [0.1, 0.15) is 6.10 Å². The molecule has 4 nitrogen and oxygen atoms in total. The maximum atomic E-state index is 11.4. The van der Waals surface area contributed by atoms with Gasteiger partial charge in [-0.1, -0.05) is 20.8 Å². The van der Waals surface area contributed by atoms with Crippen LogP contribution in [0.5, 0.6) is 0 Å². The highest BCUT2D eigenvalue weighted by molar-refractivity contribution is 6.74. The number of amides is 1. The fourth-order valence-electron chi connectivity index (χ4n) is 1.86. The molecule has 2 saturated heterocycles. The Morgan fingerprint density at radius 3 is 2.71 bits per heavy atom. The van der Waals surface area contributed by atoms with E-state index < -0.39 is 8.32 Å². The highest BCUT2D eigenvalue weighted by atomic mass is 28.4. The fourth-order valence-corrected chi connectivity index (χ4v) is 2.89. The van der Waals surface area contributed by atoms with Gasteiger partial charge in [0.15, 0.2) is 8.32 Å². The first-order valence-electron chi connectivity index (χ1n) is 6.29. The molecule has 1 amide bonds. The Balaban J connectivity index is 1.88. The van der Waals surface area contributed by atoms with E-state index in [0.717, 1.165) is 0 Å². The van der Waals surface area contributed by atoms with Crippen molar-refractivity contribution in [1.29, 1.82) is 0 Å². The van der Waals surface area contributed by atoms with E-state index in [0.29, 0.717) is 13.0 Å². The molecule has 2 fully saturated rings. The van der Waals surface area contributed by atoms with Gasteiger partial charge in [-0.2, -0.15) is 0 Å². The van der Waals surface area contributed by atoms with E-state index in [9.17, 15) is 4.79 Å². The average Bonchev–Trinajstić information content (AvgIpc) is 2.90. The van der Waals surface area contributed by atoms with E-state index in [1.807, 2.05) is 0 Å². The Morgan fingerprint density at radius 1 is 1.47 bits per heavy atom. The smallest absolute Gasteiger partial charge is 0.223 e. The van der Waals surface area contributed by atoms with Crippen LogP contribution in [-0.4, -0.2) is 39.1 Å².